The highest BCUT2D eigenvalue weighted by molar-refractivity contribution is 9.11. The van der Waals surface area contributed by atoms with Gasteiger partial charge in [0.1, 0.15) is 5.75 Å². The Bertz CT molecular complexity index is 629. The number of nitrogens with one attached hydrogen (secondary N) is 1. The Hall–Kier alpha value is -1.33. The molecule has 2 aromatic rings. The molecule has 1 N–H and O–H groups in total. The molecule has 0 radical (unpaired) electrons. The molecule has 0 saturated carbocycles. The number of hydrogen-bond acceptors (Lipinski definition) is 2. The maximum atomic E-state index is 12.2. The number of amides is 1. The van der Waals surface area contributed by atoms with E-state index in [2.05, 4.69) is 37.2 Å². The molecule has 0 saturated heterocycles. The Kier molecular flexibility index (Phi) is 5.20. The number of hydrogen-bond donors (Lipinski definition) is 1. The highest BCUT2D eigenvalue weighted by Gasteiger charge is 2.10. The van der Waals surface area contributed by atoms with Crippen molar-refractivity contribution in [1.82, 2.24) is 5.32 Å². The summed E-state index contributed by atoms with van der Waals surface area (Å²) < 4.78 is 6.79. The SMILES string of the molecule is COc1cccc(CNC(=O)c2cc(Br)ccc2Br)c1. The lowest BCUT2D eigenvalue weighted by atomic mass is 10.2. The van der Waals surface area contributed by atoms with Gasteiger partial charge in [-0.2, -0.15) is 0 Å². The van der Waals surface area contributed by atoms with Gasteiger partial charge >= 0.3 is 0 Å². The first-order chi connectivity index (χ1) is 9.60. The van der Waals surface area contributed by atoms with Crippen molar-refractivity contribution in [3.05, 3.63) is 62.5 Å². The third-order valence-electron chi connectivity index (χ3n) is 2.76. The molecule has 1 amide bonds. The van der Waals surface area contributed by atoms with E-state index in [9.17, 15) is 4.79 Å². The van der Waals surface area contributed by atoms with Crippen molar-refractivity contribution in [3.63, 3.8) is 0 Å². The van der Waals surface area contributed by atoms with Crippen LogP contribution in [0, 0.1) is 0 Å². The summed E-state index contributed by atoms with van der Waals surface area (Å²) in [5, 5.41) is 2.89. The Labute approximate surface area is 134 Å². The van der Waals surface area contributed by atoms with Crippen LogP contribution in [0.5, 0.6) is 5.75 Å². The first-order valence-electron chi connectivity index (χ1n) is 5.96. The minimum atomic E-state index is -0.124. The van der Waals surface area contributed by atoms with Crippen LogP contribution in [0.1, 0.15) is 15.9 Å². The molecule has 0 aliphatic rings. The normalized spacial score (nSPS) is 10.2. The van der Waals surface area contributed by atoms with Crippen LogP contribution < -0.4 is 10.1 Å². The molecule has 5 heteroatoms. The second kappa shape index (κ2) is 6.90. The topological polar surface area (TPSA) is 38.3 Å². The second-order valence-corrected chi connectivity index (χ2v) is 5.93. The van der Waals surface area contributed by atoms with Crippen LogP contribution in [0.2, 0.25) is 0 Å². The van der Waals surface area contributed by atoms with Crippen LogP contribution in [-0.4, -0.2) is 13.0 Å². The largest absolute Gasteiger partial charge is 0.497 e. The van der Waals surface area contributed by atoms with Crippen molar-refractivity contribution >= 4 is 37.8 Å². The molecule has 0 heterocycles. The van der Waals surface area contributed by atoms with Crippen LogP contribution in [0.25, 0.3) is 0 Å². The molecule has 0 aromatic heterocycles. The number of benzene rings is 2. The van der Waals surface area contributed by atoms with Crippen molar-refractivity contribution in [2.75, 3.05) is 7.11 Å². The molecule has 0 bridgehead atoms. The maximum absolute atomic E-state index is 12.2. The molecule has 0 aliphatic carbocycles. The Morgan fingerprint density at radius 3 is 2.75 bits per heavy atom. The van der Waals surface area contributed by atoms with Gasteiger partial charge in [-0.3, -0.25) is 4.79 Å². The molecule has 0 spiro atoms. The lowest BCUT2D eigenvalue weighted by Gasteiger charge is -2.08. The highest BCUT2D eigenvalue weighted by Crippen LogP contribution is 2.21. The number of ether oxygens (including phenoxy) is 1. The molecule has 2 rings (SSSR count). The van der Waals surface area contributed by atoms with Crippen molar-refractivity contribution in [1.29, 1.82) is 0 Å². The second-order valence-electron chi connectivity index (χ2n) is 4.16. The fraction of sp³-hybridized carbons (Fsp3) is 0.133. The zero-order valence-electron chi connectivity index (χ0n) is 10.8. The summed E-state index contributed by atoms with van der Waals surface area (Å²) >= 11 is 6.74. The Morgan fingerprint density at radius 1 is 1.20 bits per heavy atom. The van der Waals surface area contributed by atoms with E-state index in [1.165, 1.54) is 0 Å². The van der Waals surface area contributed by atoms with Gasteiger partial charge in [-0.15, -0.1) is 0 Å². The third-order valence-corrected chi connectivity index (χ3v) is 3.95. The third kappa shape index (κ3) is 3.84. The van der Waals surface area contributed by atoms with Crippen LogP contribution in [-0.2, 0) is 6.54 Å². The average molecular weight is 399 g/mol. The summed E-state index contributed by atoms with van der Waals surface area (Å²) in [7, 11) is 1.62. The summed E-state index contributed by atoms with van der Waals surface area (Å²) in [6.45, 7) is 0.453. The van der Waals surface area contributed by atoms with Crippen LogP contribution >= 0.6 is 31.9 Å². The summed E-state index contributed by atoms with van der Waals surface area (Å²) in [6, 6.07) is 13.1. The first-order valence-corrected chi connectivity index (χ1v) is 7.55. The average Bonchev–Trinajstić information content (AvgIpc) is 2.47. The molecule has 2 aromatic carbocycles. The number of rotatable bonds is 4. The van der Waals surface area contributed by atoms with E-state index in [1.54, 1.807) is 13.2 Å². The van der Waals surface area contributed by atoms with Crippen molar-refractivity contribution in [2.24, 2.45) is 0 Å². The molecule has 20 heavy (non-hydrogen) atoms. The zero-order chi connectivity index (χ0) is 14.5. The van der Waals surface area contributed by atoms with Gasteiger partial charge < -0.3 is 10.1 Å². The van der Waals surface area contributed by atoms with E-state index < -0.39 is 0 Å². The standard InChI is InChI=1S/C15H13Br2NO2/c1-20-12-4-2-3-10(7-12)9-18-15(19)13-8-11(16)5-6-14(13)17/h2-8H,9H2,1H3,(H,18,19). The van der Waals surface area contributed by atoms with Gasteiger partial charge in [0, 0.05) is 15.5 Å². The fourth-order valence-corrected chi connectivity index (χ4v) is 2.52. The molecule has 0 fully saturated rings. The molecular formula is C15H13Br2NO2. The monoisotopic (exact) mass is 397 g/mol. The van der Waals surface area contributed by atoms with Gasteiger partial charge in [0.15, 0.2) is 0 Å². The molecule has 104 valence electrons. The predicted octanol–water partition coefficient (Wildman–Crippen LogP) is 4.15. The molecule has 0 atom stereocenters. The number of carbonyl (C=O) groups is 1. The highest BCUT2D eigenvalue weighted by atomic mass is 79.9. The molecular weight excluding hydrogens is 386 g/mol. The Morgan fingerprint density at radius 2 is 2.00 bits per heavy atom. The van der Waals surface area contributed by atoms with E-state index in [-0.39, 0.29) is 5.91 Å². The van der Waals surface area contributed by atoms with Gasteiger partial charge in [0.2, 0.25) is 0 Å². The first kappa shape index (κ1) is 15.1. The molecule has 3 nitrogen and oxygen atoms in total. The fourth-order valence-electron chi connectivity index (χ4n) is 1.73. The smallest absolute Gasteiger partial charge is 0.252 e. The minimum Gasteiger partial charge on any atom is -0.497 e. The van der Waals surface area contributed by atoms with Gasteiger partial charge in [-0.05, 0) is 51.8 Å². The van der Waals surface area contributed by atoms with Gasteiger partial charge in [-0.25, -0.2) is 0 Å². The summed E-state index contributed by atoms with van der Waals surface area (Å²) in [5.74, 6) is 0.654. The molecule has 0 unspecified atom stereocenters. The maximum Gasteiger partial charge on any atom is 0.252 e. The number of methoxy groups -OCH3 is 1. The predicted molar refractivity (Wildman–Crippen MR) is 86.0 cm³/mol. The van der Waals surface area contributed by atoms with Crippen molar-refractivity contribution in [3.8, 4) is 5.75 Å². The number of halogens is 2. The van der Waals surface area contributed by atoms with E-state index in [0.717, 1.165) is 20.3 Å². The lowest BCUT2D eigenvalue weighted by molar-refractivity contribution is 0.0950. The summed E-state index contributed by atoms with van der Waals surface area (Å²) in [6.07, 6.45) is 0. The lowest BCUT2D eigenvalue weighted by Crippen LogP contribution is -2.23. The minimum absolute atomic E-state index is 0.124. The van der Waals surface area contributed by atoms with Crippen LogP contribution in [0.3, 0.4) is 0 Å². The molecule has 0 aliphatic heterocycles. The van der Waals surface area contributed by atoms with Crippen LogP contribution in [0.4, 0.5) is 0 Å². The Balaban J connectivity index is 2.06. The van der Waals surface area contributed by atoms with E-state index in [1.807, 2.05) is 36.4 Å². The number of carbonyl (C=O) groups excluding carboxylic acids is 1. The van der Waals surface area contributed by atoms with E-state index in [4.69, 9.17) is 4.74 Å². The van der Waals surface area contributed by atoms with E-state index in [0.29, 0.717) is 12.1 Å². The van der Waals surface area contributed by atoms with Gasteiger partial charge in [0.05, 0.1) is 12.7 Å². The van der Waals surface area contributed by atoms with E-state index >= 15 is 0 Å². The van der Waals surface area contributed by atoms with Crippen LogP contribution in [0.15, 0.2) is 51.4 Å². The van der Waals surface area contributed by atoms with Crippen molar-refractivity contribution < 1.29 is 9.53 Å². The quantitative estimate of drug-likeness (QED) is 0.839. The van der Waals surface area contributed by atoms with Gasteiger partial charge in [-0.1, -0.05) is 28.1 Å². The summed E-state index contributed by atoms with van der Waals surface area (Å²) in [4.78, 5) is 12.2. The van der Waals surface area contributed by atoms with Gasteiger partial charge in [0.25, 0.3) is 5.91 Å². The zero-order valence-corrected chi connectivity index (χ0v) is 14.0. The summed E-state index contributed by atoms with van der Waals surface area (Å²) in [5.41, 5.74) is 1.59. The van der Waals surface area contributed by atoms with Crippen molar-refractivity contribution in [2.45, 2.75) is 6.54 Å².